The molecular weight excluding hydrogens is 368 g/mol. The molecule has 7 heteroatoms. The number of benzene rings is 2. The summed E-state index contributed by atoms with van der Waals surface area (Å²) < 4.78 is 5.75. The van der Waals surface area contributed by atoms with E-state index < -0.39 is 5.91 Å². The Balaban J connectivity index is 1.64. The summed E-state index contributed by atoms with van der Waals surface area (Å²) in [5.41, 5.74) is 13.5. The molecule has 0 aromatic heterocycles. The van der Waals surface area contributed by atoms with Crippen molar-refractivity contribution in [3.8, 4) is 17.2 Å². The van der Waals surface area contributed by atoms with Crippen LogP contribution >= 0.6 is 0 Å². The van der Waals surface area contributed by atoms with E-state index in [0.29, 0.717) is 11.5 Å². The van der Waals surface area contributed by atoms with Gasteiger partial charge in [0.1, 0.15) is 17.2 Å². The highest BCUT2D eigenvalue weighted by atomic mass is 16.5. The Hall–Kier alpha value is -3.32. The number of likely N-dealkylation sites (tertiary alicyclic amines) is 1. The van der Waals surface area contributed by atoms with E-state index in [-0.39, 0.29) is 17.4 Å². The second-order valence-corrected chi connectivity index (χ2v) is 6.99. The van der Waals surface area contributed by atoms with E-state index in [1.807, 2.05) is 30.3 Å². The Morgan fingerprint density at radius 1 is 1.24 bits per heavy atom. The third-order valence-electron chi connectivity index (χ3n) is 4.94. The number of rotatable bonds is 7. The van der Waals surface area contributed by atoms with Crippen LogP contribution in [-0.4, -0.2) is 41.8 Å². The van der Waals surface area contributed by atoms with Crippen LogP contribution < -0.4 is 16.2 Å². The van der Waals surface area contributed by atoms with E-state index in [1.54, 1.807) is 19.3 Å². The highest BCUT2D eigenvalue weighted by molar-refractivity contribution is 5.95. The predicted octanol–water partition coefficient (Wildman–Crippen LogP) is 2.79. The van der Waals surface area contributed by atoms with Gasteiger partial charge < -0.3 is 21.3 Å². The second kappa shape index (κ2) is 9.25. The fourth-order valence-electron chi connectivity index (χ4n) is 3.48. The van der Waals surface area contributed by atoms with E-state index in [2.05, 4.69) is 9.89 Å². The van der Waals surface area contributed by atoms with Gasteiger partial charge >= 0.3 is 0 Å². The zero-order valence-electron chi connectivity index (χ0n) is 16.4. The lowest BCUT2D eigenvalue weighted by atomic mass is 10.1. The standard InChI is InChI=1S/C22H26N4O3/c1-25-11-10-19(23)20-3-2-12-26(20)14-15-4-6-16(7-5-15)29-17-8-9-18(22(24)28)21(27)13-17/h4-11,13,20,27H,2-3,12,14,23H2,1H3,(H2,24,28)/t20-/m0/s1. The van der Waals surface area contributed by atoms with Gasteiger partial charge in [-0.3, -0.25) is 14.7 Å². The van der Waals surface area contributed by atoms with Crippen molar-refractivity contribution < 1.29 is 14.6 Å². The molecule has 0 saturated carbocycles. The van der Waals surface area contributed by atoms with Gasteiger partial charge in [0.25, 0.3) is 5.91 Å². The van der Waals surface area contributed by atoms with E-state index in [0.717, 1.165) is 37.2 Å². The van der Waals surface area contributed by atoms with Gasteiger partial charge in [0, 0.05) is 37.6 Å². The van der Waals surface area contributed by atoms with Crippen molar-refractivity contribution in [2.24, 2.45) is 16.5 Å². The molecule has 0 unspecified atom stereocenters. The first-order valence-electron chi connectivity index (χ1n) is 9.49. The molecule has 0 bridgehead atoms. The van der Waals surface area contributed by atoms with Gasteiger partial charge in [0.05, 0.1) is 5.56 Å². The number of primary amides is 1. The average molecular weight is 394 g/mol. The molecule has 2 aromatic carbocycles. The number of nitrogens with zero attached hydrogens (tertiary/aromatic N) is 2. The molecule has 1 heterocycles. The first-order chi connectivity index (χ1) is 14.0. The Morgan fingerprint density at radius 2 is 1.97 bits per heavy atom. The highest BCUT2D eigenvalue weighted by Gasteiger charge is 2.26. The van der Waals surface area contributed by atoms with Crippen LogP contribution in [0, 0.1) is 0 Å². The fraction of sp³-hybridized carbons (Fsp3) is 0.273. The molecular formula is C22H26N4O3. The number of hydrogen-bond acceptors (Lipinski definition) is 6. The third-order valence-corrected chi connectivity index (χ3v) is 4.94. The largest absolute Gasteiger partial charge is 0.507 e. The normalized spacial score (nSPS) is 17.7. The van der Waals surface area contributed by atoms with Gasteiger partial charge in [-0.15, -0.1) is 0 Å². The second-order valence-electron chi connectivity index (χ2n) is 6.99. The topological polar surface area (TPSA) is 114 Å². The minimum atomic E-state index is -0.684. The van der Waals surface area contributed by atoms with E-state index in [1.165, 1.54) is 12.1 Å². The van der Waals surface area contributed by atoms with Crippen molar-refractivity contribution in [2.75, 3.05) is 13.6 Å². The van der Waals surface area contributed by atoms with Crippen molar-refractivity contribution in [3.63, 3.8) is 0 Å². The number of allylic oxidation sites excluding steroid dienone is 1. The Morgan fingerprint density at radius 3 is 2.62 bits per heavy atom. The highest BCUT2D eigenvalue weighted by Crippen LogP contribution is 2.28. The zero-order valence-corrected chi connectivity index (χ0v) is 16.4. The van der Waals surface area contributed by atoms with Gasteiger partial charge in [-0.05, 0) is 55.3 Å². The fourth-order valence-corrected chi connectivity index (χ4v) is 3.48. The Labute approximate surface area is 170 Å². The van der Waals surface area contributed by atoms with Crippen molar-refractivity contribution in [1.82, 2.24) is 4.90 Å². The summed E-state index contributed by atoms with van der Waals surface area (Å²) in [5, 5.41) is 9.86. The lowest BCUT2D eigenvalue weighted by Crippen LogP contribution is -2.33. The maximum absolute atomic E-state index is 11.2. The maximum Gasteiger partial charge on any atom is 0.252 e. The Kier molecular flexibility index (Phi) is 6.51. The van der Waals surface area contributed by atoms with E-state index in [4.69, 9.17) is 16.2 Å². The molecule has 0 spiro atoms. The number of carbonyl (C=O) groups excluding carboxylic acids is 1. The summed E-state index contributed by atoms with van der Waals surface area (Å²) in [6.45, 7) is 1.81. The van der Waals surface area contributed by atoms with Crippen molar-refractivity contribution in [1.29, 1.82) is 0 Å². The number of hydrogen-bond donors (Lipinski definition) is 3. The smallest absolute Gasteiger partial charge is 0.252 e. The van der Waals surface area contributed by atoms with Crippen molar-refractivity contribution >= 4 is 12.1 Å². The summed E-state index contributed by atoms with van der Waals surface area (Å²) in [5.74, 6) is 0.174. The summed E-state index contributed by atoms with van der Waals surface area (Å²) >= 11 is 0. The molecule has 1 atom stereocenters. The molecule has 7 nitrogen and oxygen atoms in total. The molecule has 1 saturated heterocycles. The third kappa shape index (κ3) is 5.14. The molecule has 5 N–H and O–H groups in total. The van der Waals surface area contributed by atoms with Crippen LogP contribution in [0.3, 0.4) is 0 Å². The zero-order chi connectivity index (χ0) is 20.8. The van der Waals surface area contributed by atoms with Crippen LogP contribution in [0.4, 0.5) is 0 Å². The summed E-state index contributed by atoms with van der Waals surface area (Å²) in [6.07, 6.45) is 5.77. The van der Waals surface area contributed by atoms with Crippen molar-refractivity contribution in [2.45, 2.75) is 25.4 Å². The number of amides is 1. The minimum Gasteiger partial charge on any atom is -0.507 e. The maximum atomic E-state index is 11.2. The predicted molar refractivity (Wildman–Crippen MR) is 113 cm³/mol. The number of carbonyl (C=O) groups is 1. The molecule has 1 aliphatic heterocycles. The number of phenols is 1. The van der Waals surface area contributed by atoms with Crippen LogP contribution in [0.5, 0.6) is 17.2 Å². The lowest BCUT2D eigenvalue weighted by Gasteiger charge is -2.24. The number of aromatic hydroxyl groups is 1. The van der Waals surface area contributed by atoms with Gasteiger partial charge in [-0.1, -0.05) is 12.1 Å². The summed E-state index contributed by atoms with van der Waals surface area (Å²) in [4.78, 5) is 17.5. The molecule has 152 valence electrons. The molecule has 1 aliphatic rings. The molecule has 0 radical (unpaired) electrons. The van der Waals surface area contributed by atoms with Crippen LogP contribution in [0.15, 0.2) is 59.2 Å². The van der Waals surface area contributed by atoms with Gasteiger partial charge in [0.2, 0.25) is 0 Å². The van der Waals surface area contributed by atoms with Gasteiger partial charge in [0.15, 0.2) is 0 Å². The number of nitrogens with two attached hydrogens (primary N) is 2. The van der Waals surface area contributed by atoms with Gasteiger partial charge in [-0.2, -0.15) is 0 Å². The average Bonchev–Trinajstić information content (AvgIpc) is 3.15. The molecule has 1 fully saturated rings. The molecule has 1 amide bonds. The monoisotopic (exact) mass is 394 g/mol. The van der Waals surface area contributed by atoms with E-state index >= 15 is 0 Å². The lowest BCUT2D eigenvalue weighted by molar-refractivity contribution is 0.0997. The molecule has 29 heavy (non-hydrogen) atoms. The van der Waals surface area contributed by atoms with E-state index in [9.17, 15) is 9.90 Å². The Bertz CT molecular complexity index is 922. The van der Waals surface area contributed by atoms with Crippen LogP contribution in [0.1, 0.15) is 28.8 Å². The SMILES string of the molecule is CN=CC=C(N)[C@@H]1CCCN1Cc1ccc(Oc2ccc(C(N)=O)c(O)c2)cc1. The van der Waals surface area contributed by atoms with Crippen LogP contribution in [-0.2, 0) is 6.54 Å². The first-order valence-corrected chi connectivity index (χ1v) is 9.49. The summed E-state index contributed by atoms with van der Waals surface area (Å²) in [6, 6.07) is 12.4. The van der Waals surface area contributed by atoms with Crippen LogP contribution in [0.25, 0.3) is 0 Å². The number of aliphatic imine (C=N–C) groups is 1. The van der Waals surface area contributed by atoms with Gasteiger partial charge in [-0.25, -0.2) is 0 Å². The minimum absolute atomic E-state index is 0.0615. The number of ether oxygens (including phenoxy) is 1. The quantitative estimate of drug-likeness (QED) is 0.625. The molecule has 2 aromatic rings. The molecule has 0 aliphatic carbocycles. The molecule has 3 rings (SSSR count). The summed E-state index contributed by atoms with van der Waals surface area (Å²) in [7, 11) is 1.73. The van der Waals surface area contributed by atoms with Crippen molar-refractivity contribution in [3.05, 3.63) is 65.4 Å². The van der Waals surface area contributed by atoms with Crippen LogP contribution in [0.2, 0.25) is 0 Å². The first kappa shape index (κ1) is 20.4.